The summed E-state index contributed by atoms with van der Waals surface area (Å²) in [6.07, 6.45) is 6.44. The first-order valence-electron chi connectivity index (χ1n) is 9.49. The molecule has 3 heterocycles. The quantitative estimate of drug-likeness (QED) is 0.422. The molecular formula is C22H19N5O3S. The Bertz CT molecular complexity index is 1190. The molecule has 3 aromatic heterocycles. The van der Waals surface area contributed by atoms with Crippen molar-refractivity contribution in [2.45, 2.75) is 20.1 Å². The van der Waals surface area contributed by atoms with Gasteiger partial charge in [-0.1, -0.05) is 23.4 Å². The minimum atomic E-state index is -0.284. The minimum Gasteiger partial charge on any atom is -0.487 e. The van der Waals surface area contributed by atoms with Crippen molar-refractivity contribution in [3.05, 3.63) is 82.4 Å². The summed E-state index contributed by atoms with van der Waals surface area (Å²) in [7, 11) is 0. The topological polar surface area (TPSA) is 103 Å². The predicted molar refractivity (Wildman–Crippen MR) is 116 cm³/mol. The zero-order valence-corrected chi connectivity index (χ0v) is 17.5. The molecular weight excluding hydrogens is 414 g/mol. The van der Waals surface area contributed by atoms with Gasteiger partial charge in [0.15, 0.2) is 0 Å². The first-order valence-corrected chi connectivity index (χ1v) is 10.4. The number of rotatable bonds is 8. The number of pyridine rings is 1. The van der Waals surface area contributed by atoms with Gasteiger partial charge in [0.1, 0.15) is 12.4 Å². The van der Waals surface area contributed by atoms with Crippen LogP contribution in [0.5, 0.6) is 5.75 Å². The Labute approximate surface area is 182 Å². The van der Waals surface area contributed by atoms with Crippen LogP contribution < -0.4 is 10.1 Å². The first kappa shape index (κ1) is 20.4. The Balaban J connectivity index is 1.33. The van der Waals surface area contributed by atoms with Crippen LogP contribution in [-0.4, -0.2) is 26.0 Å². The molecule has 0 saturated carbocycles. The van der Waals surface area contributed by atoms with Gasteiger partial charge in [-0.2, -0.15) is 4.98 Å². The van der Waals surface area contributed by atoms with Crippen LogP contribution >= 0.6 is 11.3 Å². The van der Waals surface area contributed by atoms with Crippen molar-refractivity contribution in [2.24, 2.45) is 0 Å². The number of carbonyl (C=O) groups is 1. The Morgan fingerprint density at radius 3 is 2.84 bits per heavy atom. The molecule has 0 bridgehead atoms. The lowest BCUT2D eigenvalue weighted by molar-refractivity contribution is -0.116. The van der Waals surface area contributed by atoms with Crippen LogP contribution in [0.4, 0.5) is 0 Å². The second-order valence-corrected chi connectivity index (χ2v) is 7.55. The van der Waals surface area contributed by atoms with E-state index >= 15 is 0 Å². The van der Waals surface area contributed by atoms with Crippen molar-refractivity contribution in [2.75, 3.05) is 0 Å². The summed E-state index contributed by atoms with van der Waals surface area (Å²) in [5.41, 5.74) is 2.47. The third-order valence-corrected chi connectivity index (χ3v) is 5.02. The van der Waals surface area contributed by atoms with Gasteiger partial charge in [-0.25, -0.2) is 4.98 Å². The van der Waals surface area contributed by atoms with Crippen molar-refractivity contribution in [1.29, 1.82) is 0 Å². The number of hydrogen-bond donors (Lipinski definition) is 1. The highest BCUT2D eigenvalue weighted by molar-refractivity contribution is 7.09. The van der Waals surface area contributed by atoms with Gasteiger partial charge in [-0.3, -0.25) is 9.78 Å². The van der Waals surface area contributed by atoms with Crippen LogP contribution in [0.15, 0.2) is 64.8 Å². The highest BCUT2D eigenvalue weighted by Gasteiger charge is 2.09. The number of nitrogens with zero attached hydrogens (tertiary/aromatic N) is 4. The molecule has 0 spiro atoms. The molecule has 0 saturated heterocycles. The van der Waals surface area contributed by atoms with Gasteiger partial charge in [0.25, 0.3) is 0 Å². The average molecular weight is 433 g/mol. The minimum absolute atomic E-state index is 0.128. The van der Waals surface area contributed by atoms with E-state index in [9.17, 15) is 4.79 Å². The summed E-state index contributed by atoms with van der Waals surface area (Å²) < 4.78 is 11.0. The number of benzene rings is 1. The van der Waals surface area contributed by atoms with Gasteiger partial charge in [-0.05, 0) is 31.2 Å². The first-order chi connectivity index (χ1) is 15.2. The zero-order valence-electron chi connectivity index (χ0n) is 16.7. The number of aromatic nitrogens is 4. The van der Waals surface area contributed by atoms with Gasteiger partial charge in [0.05, 0.1) is 17.2 Å². The second kappa shape index (κ2) is 9.77. The summed E-state index contributed by atoms with van der Waals surface area (Å²) in [6.45, 7) is 2.46. The molecule has 1 aromatic carbocycles. The maximum atomic E-state index is 12.2. The molecule has 0 unspecified atom stereocenters. The molecule has 9 heteroatoms. The van der Waals surface area contributed by atoms with Crippen molar-refractivity contribution < 1.29 is 14.1 Å². The lowest BCUT2D eigenvalue weighted by Gasteiger charge is -2.07. The number of amides is 1. The number of nitrogens with one attached hydrogen (secondary N) is 1. The number of carbonyl (C=O) groups excluding carboxylic acids is 1. The van der Waals surface area contributed by atoms with Crippen molar-refractivity contribution in [3.8, 4) is 17.1 Å². The second-order valence-electron chi connectivity index (χ2n) is 6.48. The van der Waals surface area contributed by atoms with Gasteiger partial charge in [0, 0.05) is 35.0 Å². The molecule has 31 heavy (non-hydrogen) atoms. The molecule has 0 fully saturated rings. The van der Waals surface area contributed by atoms with E-state index in [0.717, 1.165) is 21.8 Å². The Morgan fingerprint density at radius 2 is 2.03 bits per heavy atom. The van der Waals surface area contributed by atoms with Crippen molar-refractivity contribution in [3.63, 3.8) is 0 Å². The molecule has 156 valence electrons. The third-order valence-electron chi connectivity index (χ3n) is 4.20. The predicted octanol–water partition coefficient (Wildman–Crippen LogP) is 3.81. The molecule has 1 N–H and O–H groups in total. The molecule has 4 aromatic rings. The van der Waals surface area contributed by atoms with Gasteiger partial charge in [0.2, 0.25) is 17.6 Å². The molecule has 0 aliphatic carbocycles. The van der Waals surface area contributed by atoms with Crippen LogP contribution in [0, 0.1) is 6.92 Å². The highest BCUT2D eigenvalue weighted by Crippen LogP contribution is 2.21. The summed E-state index contributed by atoms with van der Waals surface area (Å²) >= 11 is 1.58. The number of thiazole rings is 1. The molecule has 0 aliphatic rings. The Morgan fingerprint density at radius 1 is 1.19 bits per heavy atom. The molecule has 0 aliphatic heterocycles. The van der Waals surface area contributed by atoms with Crippen LogP contribution in [0.25, 0.3) is 17.5 Å². The van der Waals surface area contributed by atoms with Crippen LogP contribution in [0.2, 0.25) is 0 Å². The average Bonchev–Trinajstić information content (AvgIpc) is 3.45. The number of aryl methyl sites for hydroxylation is 1. The SMILES string of the molecule is Cc1nc(COc2ccccc2/C=C/C(=O)NCc2nc(-c3ccncc3)no2)cs1. The summed E-state index contributed by atoms with van der Waals surface area (Å²) in [4.78, 5) is 24.8. The van der Waals surface area contributed by atoms with E-state index in [-0.39, 0.29) is 12.5 Å². The van der Waals surface area contributed by atoms with E-state index in [1.165, 1.54) is 6.08 Å². The van der Waals surface area contributed by atoms with Gasteiger partial charge in [-0.15, -0.1) is 11.3 Å². The van der Waals surface area contributed by atoms with E-state index in [1.54, 1.807) is 41.9 Å². The van der Waals surface area contributed by atoms with E-state index in [1.807, 2.05) is 36.6 Å². The maximum absolute atomic E-state index is 12.2. The highest BCUT2D eigenvalue weighted by atomic mass is 32.1. The molecule has 1 amide bonds. The van der Waals surface area contributed by atoms with Gasteiger partial charge < -0.3 is 14.6 Å². The monoisotopic (exact) mass is 433 g/mol. The fourth-order valence-corrected chi connectivity index (χ4v) is 3.31. The molecule has 4 rings (SSSR count). The van der Waals surface area contributed by atoms with E-state index in [4.69, 9.17) is 9.26 Å². The lowest BCUT2D eigenvalue weighted by atomic mass is 10.2. The smallest absolute Gasteiger partial charge is 0.246 e. The lowest BCUT2D eigenvalue weighted by Crippen LogP contribution is -2.20. The van der Waals surface area contributed by atoms with Crippen LogP contribution in [0.3, 0.4) is 0 Å². The van der Waals surface area contributed by atoms with Crippen molar-refractivity contribution in [1.82, 2.24) is 25.4 Å². The van der Waals surface area contributed by atoms with Crippen molar-refractivity contribution >= 4 is 23.3 Å². The van der Waals surface area contributed by atoms with E-state index < -0.39 is 0 Å². The van der Waals surface area contributed by atoms with E-state index in [2.05, 4.69) is 25.4 Å². The number of ether oxygens (including phenoxy) is 1. The fraction of sp³-hybridized carbons (Fsp3) is 0.136. The normalized spacial score (nSPS) is 11.0. The van der Waals surface area contributed by atoms with E-state index in [0.29, 0.717) is 24.1 Å². The standard InChI is InChI=1S/C22H19N5O3S/c1-15-25-18(14-31-15)13-29-19-5-3-2-4-16(19)6-7-20(28)24-12-21-26-22(27-30-21)17-8-10-23-11-9-17/h2-11,14H,12-13H2,1H3,(H,24,28)/b7-6+. The van der Waals surface area contributed by atoms with Gasteiger partial charge >= 0.3 is 0 Å². The zero-order chi connectivity index (χ0) is 21.5. The van der Waals surface area contributed by atoms with Crippen LogP contribution in [-0.2, 0) is 17.9 Å². The Hall–Kier alpha value is -3.85. The molecule has 8 nitrogen and oxygen atoms in total. The maximum Gasteiger partial charge on any atom is 0.246 e. The summed E-state index contributed by atoms with van der Waals surface area (Å²) in [5, 5.41) is 9.61. The summed E-state index contributed by atoms with van der Waals surface area (Å²) in [6, 6.07) is 11.1. The molecule has 0 radical (unpaired) electrons. The molecule has 0 atom stereocenters. The Kier molecular flexibility index (Phi) is 6.44. The number of para-hydroxylation sites is 1. The van der Waals surface area contributed by atoms with Crippen LogP contribution in [0.1, 0.15) is 22.2 Å². The fourth-order valence-electron chi connectivity index (χ4n) is 2.71. The largest absolute Gasteiger partial charge is 0.487 e. The number of hydrogen-bond acceptors (Lipinski definition) is 8. The third kappa shape index (κ3) is 5.61. The summed E-state index contributed by atoms with van der Waals surface area (Å²) in [5.74, 6) is 1.16.